The van der Waals surface area contributed by atoms with Crippen LogP contribution in [-0.4, -0.2) is 10.3 Å². The molecule has 0 aliphatic heterocycles. The molecule has 0 fully saturated rings. The minimum Gasteiger partial charge on any atom is -0.0636 e. The van der Waals surface area contributed by atoms with Crippen molar-refractivity contribution in [2.75, 3.05) is 0 Å². The maximum atomic E-state index is 2.49. The van der Waals surface area contributed by atoms with E-state index in [2.05, 4.69) is 124 Å². The molecule has 1 heteroatoms. The number of benzene rings is 3. The second-order valence-corrected chi connectivity index (χ2v) is 16.1. The fourth-order valence-electron chi connectivity index (χ4n) is 5.12. The topological polar surface area (TPSA) is 0 Å². The van der Waals surface area contributed by atoms with Crippen LogP contribution >= 0.6 is 7.92 Å². The minimum absolute atomic E-state index is 0.227. The molecule has 3 aromatic rings. The first-order valence-electron chi connectivity index (χ1n) is 11.6. The summed E-state index contributed by atoms with van der Waals surface area (Å²) < 4.78 is 0. The van der Waals surface area contributed by atoms with Crippen molar-refractivity contribution in [3.05, 3.63) is 65.7 Å². The molecule has 0 saturated carbocycles. The van der Waals surface area contributed by atoms with Crippen molar-refractivity contribution < 1.29 is 0 Å². The zero-order valence-electron chi connectivity index (χ0n) is 21.4. The fraction of sp³-hybridized carbons (Fsp3) is 0.467. The lowest BCUT2D eigenvalue weighted by Gasteiger charge is -2.43. The van der Waals surface area contributed by atoms with Crippen molar-refractivity contribution >= 4 is 24.0 Å². The van der Waals surface area contributed by atoms with Crippen LogP contribution in [0.4, 0.5) is 0 Å². The Bertz CT molecular complexity index is 1050. The molecule has 0 atom stereocenters. The van der Waals surface area contributed by atoms with E-state index in [1.165, 1.54) is 33.0 Å². The highest BCUT2D eigenvalue weighted by Gasteiger charge is 2.37. The van der Waals surface area contributed by atoms with Crippen molar-refractivity contribution in [3.8, 4) is 11.1 Å². The summed E-state index contributed by atoms with van der Waals surface area (Å²) in [5.41, 5.74) is 5.95. The van der Waals surface area contributed by atoms with Gasteiger partial charge in [0.25, 0.3) is 0 Å². The smallest absolute Gasteiger partial charge is 0.00667 e. The molecule has 3 rings (SSSR count). The molecule has 0 aromatic heterocycles. The zero-order chi connectivity index (χ0) is 23.2. The third-order valence-electron chi connectivity index (χ3n) is 5.74. The highest BCUT2D eigenvalue weighted by Crippen LogP contribution is 2.59. The van der Waals surface area contributed by atoms with E-state index in [-0.39, 0.29) is 15.7 Å². The molecule has 3 aromatic carbocycles. The molecule has 0 radical (unpaired) electrons. The lowest BCUT2D eigenvalue weighted by Crippen LogP contribution is -2.32. The van der Waals surface area contributed by atoms with Crippen molar-refractivity contribution in [2.24, 2.45) is 5.41 Å². The summed E-state index contributed by atoms with van der Waals surface area (Å²) in [6, 6.07) is 20.8. The van der Waals surface area contributed by atoms with E-state index in [9.17, 15) is 0 Å². The standard InChI is InChI=1S/C30H41P/c1-21-15-18-25(26(19-21)31(29(5,6)7)30(8,9)10)27-23(20-28(2,3)4)17-16-22-13-11-12-14-24(22)27/h11-19H,20H2,1-10H3. The molecule has 166 valence electrons. The number of rotatable bonds is 3. The maximum Gasteiger partial charge on any atom is -0.00667 e. The molecule has 0 nitrogen and oxygen atoms in total. The van der Waals surface area contributed by atoms with Gasteiger partial charge in [-0.3, -0.25) is 0 Å². The lowest BCUT2D eigenvalue weighted by molar-refractivity contribution is 0.412. The van der Waals surface area contributed by atoms with Crippen LogP contribution in [0.25, 0.3) is 21.9 Å². The molecule has 0 heterocycles. The molecule has 0 aliphatic carbocycles. The highest BCUT2D eigenvalue weighted by molar-refractivity contribution is 7.68. The van der Waals surface area contributed by atoms with E-state index in [0.29, 0.717) is 0 Å². The zero-order valence-corrected chi connectivity index (χ0v) is 22.2. The van der Waals surface area contributed by atoms with E-state index < -0.39 is 7.92 Å². The highest BCUT2D eigenvalue weighted by atomic mass is 31.1. The number of aryl methyl sites for hydroxylation is 1. The van der Waals surface area contributed by atoms with Crippen LogP contribution < -0.4 is 5.30 Å². The Morgan fingerprint density at radius 3 is 1.90 bits per heavy atom. The molecule has 0 N–H and O–H groups in total. The molecule has 0 saturated heterocycles. The van der Waals surface area contributed by atoms with Gasteiger partial charge in [-0.2, -0.15) is 0 Å². The summed E-state index contributed by atoms with van der Waals surface area (Å²) >= 11 is 0. The van der Waals surface area contributed by atoms with Gasteiger partial charge in [0, 0.05) is 0 Å². The third kappa shape index (κ3) is 5.40. The Kier molecular flexibility index (Phi) is 6.48. The maximum absolute atomic E-state index is 2.49. The Morgan fingerprint density at radius 2 is 1.32 bits per heavy atom. The molecule has 0 bridgehead atoms. The van der Waals surface area contributed by atoms with Gasteiger partial charge in [-0.1, -0.05) is 130 Å². The Balaban J connectivity index is 2.42. The molecule has 31 heavy (non-hydrogen) atoms. The predicted octanol–water partition coefficient (Wildman–Crippen LogP) is 9.11. The van der Waals surface area contributed by atoms with Crippen LogP contribution in [0.1, 0.15) is 73.4 Å². The van der Waals surface area contributed by atoms with E-state index >= 15 is 0 Å². The lowest BCUT2D eigenvalue weighted by atomic mass is 9.83. The van der Waals surface area contributed by atoms with Gasteiger partial charge in [0.2, 0.25) is 0 Å². The Labute approximate surface area is 192 Å². The van der Waals surface area contributed by atoms with Gasteiger partial charge < -0.3 is 0 Å². The SMILES string of the molecule is Cc1ccc(-c2c(CC(C)(C)C)ccc3ccccc23)c(P(C(C)(C)C)C(C)(C)C)c1. The number of hydrogen-bond donors (Lipinski definition) is 0. The Hall–Kier alpha value is -1.65. The molecule has 0 spiro atoms. The van der Waals surface area contributed by atoms with Gasteiger partial charge in [0.15, 0.2) is 0 Å². The largest absolute Gasteiger partial charge is 0.0636 e. The van der Waals surface area contributed by atoms with Crippen molar-refractivity contribution in [1.29, 1.82) is 0 Å². The van der Waals surface area contributed by atoms with Gasteiger partial charge in [-0.15, -0.1) is 0 Å². The summed E-state index contributed by atoms with van der Waals surface area (Å²) in [6.45, 7) is 23.8. The molecule has 0 unspecified atom stereocenters. The molecular formula is C30H41P. The Morgan fingerprint density at radius 1 is 0.710 bits per heavy atom. The summed E-state index contributed by atoms with van der Waals surface area (Å²) in [6.07, 6.45) is 1.07. The van der Waals surface area contributed by atoms with Gasteiger partial charge in [0.1, 0.15) is 0 Å². The summed E-state index contributed by atoms with van der Waals surface area (Å²) in [4.78, 5) is 0. The average Bonchev–Trinajstić information content (AvgIpc) is 2.59. The van der Waals surface area contributed by atoms with Gasteiger partial charge in [-0.25, -0.2) is 0 Å². The minimum atomic E-state index is -0.399. The molecular weight excluding hydrogens is 391 g/mol. The first-order chi connectivity index (χ1) is 14.2. The predicted molar refractivity (Wildman–Crippen MR) is 143 cm³/mol. The second kappa shape index (κ2) is 8.37. The van der Waals surface area contributed by atoms with E-state index in [1.807, 2.05) is 0 Å². The van der Waals surface area contributed by atoms with Crippen LogP contribution in [0.15, 0.2) is 54.6 Å². The van der Waals surface area contributed by atoms with E-state index in [1.54, 1.807) is 5.30 Å². The first-order valence-corrected chi connectivity index (χ1v) is 12.9. The van der Waals surface area contributed by atoms with Crippen molar-refractivity contribution in [2.45, 2.75) is 86.0 Å². The average molecular weight is 433 g/mol. The third-order valence-corrected chi connectivity index (χ3v) is 9.28. The first kappa shape index (κ1) is 24.0. The van der Waals surface area contributed by atoms with Gasteiger partial charge in [0.05, 0.1) is 0 Å². The van der Waals surface area contributed by atoms with E-state index in [0.717, 1.165) is 6.42 Å². The van der Waals surface area contributed by atoms with Gasteiger partial charge in [-0.05, 0) is 61.8 Å². The van der Waals surface area contributed by atoms with Crippen LogP contribution in [-0.2, 0) is 6.42 Å². The number of hydrogen-bond acceptors (Lipinski definition) is 0. The quantitative estimate of drug-likeness (QED) is 0.362. The van der Waals surface area contributed by atoms with Crippen LogP contribution in [0.2, 0.25) is 0 Å². The second-order valence-electron chi connectivity index (χ2n) is 12.3. The van der Waals surface area contributed by atoms with Crippen LogP contribution in [0.5, 0.6) is 0 Å². The van der Waals surface area contributed by atoms with Crippen molar-refractivity contribution in [1.82, 2.24) is 0 Å². The van der Waals surface area contributed by atoms with Crippen molar-refractivity contribution in [3.63, 3.8) is 0 Å². The van der Waals surface area contributed by atoms with Gasteiger partial charge >= 0.3 is 0 Å². The summed E-state index contributed by atoms with van der Waals surface area (Å²) in [7, 11) is -0.399. The summed E-state index contributed by atoms with van der Waals surface area (Å²) in [5.74, 6) is 0. The van der Waals surface area contributed by atoms with Crippen LogP contribution in [0.3, 0.4) is 0 Å². The number of fused-ring (bicyclic) bond motifs is 1. The fourth-order valence-corrected chi connectivity index (χ4v) is 9.34. The monoisotopic (exact) mass is 432 g/mol. The summed E-state index contributed by atoms with van der Waals surface area (Å²) in [5, 5.41) is 4.72. The normalized spacial score (nSPS) is 13.3. The van der Waals surface area contributed by atoms with Crippen LogP contribution in [0, 0.1) is 12.3 Å². The molecule has 0 aliphatic rings. The molecule has 0 amide bonds. The van der Waals surface area contributed by atoms with E-state index in [4.69, 9.17) is 0 Å².